The third-order valence-corrected chi connectivity index (χ3v) is 12.0. The Hall–Kier alpha value is -6.18. The van der Waals surface area contributed by atoms with Crippen LogP contribution in [-0.2, 0) is 10.8 Å². The fourth-order valence-electron chi connectivity index (χ4n) is 9.23. The molecule has 0 saturated carbocycles. The number of anilines is 3. The van der Waals surface area contributed by atoms with Crippen molar-refractivity contribution < 1.29 is 0 Å². The van der Waals surface area contributed by atoms with Crippen molar-refractivity contribution >= 4 is 27.8 Å². The van der Waals surface area contributed by atoms with Crippen molar-refractivity contribution in [2.75, 3.05) is 4.90 Å². The highest BCUT2D eigenvalue weighted by atomic mass is 15.1. The molecule has 10 rings (SSSR count). The molecule has 0 unspecified atom stereocenters. The van der Waals surface area contributed by atoms with E-state index in [1.807, 2.05) is 0 Å². The van der Waals surface area contributed by atoms with Crippen molar-refractivity contribution in [2.45, 2.75) is 31.6 Å². The lowest BCUT2D eigenvalue weighted by molar-refractivity contribution is 0.652. The number of fused-ring (bicyclic) bond motifs is 7. The summed E-state index contributed by atoms with van der Waals surface area (Å²) < 4.78 is 0. The number of hydrogen-bond acceptors (Lipinski definition) is 1. The van der Waals surface area contributed by atoms with E-state index in [4.69, 9.17) is 0 Å². The topological polar surface area (TPSA) is 3.24 Å². The van der Waals surface area contributed by atoms with Gasteiger partial charge in [-0.2, -0.15) is 0 Å². The number of rotatable bonds is 5. The summed E-state index contributed by atoms with van der Waals surface area (Å²) in [5, 5.41) is 2.53. The first-order chi connectivity index (χ1) is 25.4. The highest BCUT2D eigenvalue weighted by Gasteiger charge is 2.43. The molecule has 0 atom stereocenters. The summed E-state index contributed by atoms with van der Waals surface area (Å²) in [6, 6.07) is 67.3. The monoisotopic (exact) mass is 665 g/mol. The minimum atomic E-state index is -0.222. The lowest BCUT2D eigenvalue weighted by Crippen LogP contribution is -2.24. The first-order valence-electron chi connectivity index (χ1n) is 18.4. The molecule has 0 aromatic heterocycles. The number of hydrogen-bond donors (Lipinski definition) is 0. The van der Waals surface area contributed by atoms with Crippen LogP contribution in [0.4, 0.5) is 17.1 Å². The van der Waals surface area contributed by atoms with Crippen molar-refractivity contribution in [1.29, 1.82) is 0 Å². The Morgan fingerprint density at radius 1 is 0.365 bits per heavy atom. The molecule has 1 heteroatoms. The van der Waals surface area contributed by atoms with Crippen molar-refractivity contribution in [3.8, 4) is 33.4 Å². The zero-order valence-corrected chi connectivity index (χ0v) is 29.8. The van der Waals surface area contributed by atoms with E-state index in [0.717, 1.165) is 17.1 Å². The molecule has 0 aliphatic heterocycles. The summed E-state index contributed by atoms with van der Waals surface area (Å²) in [6.07, 6.45) is 0. The van der Waals surface area contributed by atoms with Gasteiger partial charge in [-0.25, -0.2) is 0 Å². The highest BCUT2D eigenvalue weighted by molar-refractivity contribution is 5.97. The van der Waals surface area contributed by atoms with Gasteiger partial charge in [0.1, 0.15) is 0 Å². The van der Waals surface area contributed by atoms with Crippen LogP contribution < -0.4 is 4.90 Å². The maximum absolute atomic E-state index is 2.51. The SMILES string of the molecule is CC1(C)c2cc(N(c3ccccc3)c3ccc(-c4cccc5ccccc45)cc3)ccc2-c2ccc(C3(C)c4ccccc4-c4ccccc43)cc21. The van der Waals surface area contributed by atoms with Crippen LogP contribution in [0, 0.1) is 0 Å². The second kappa shape index (κ2) is 11.4. The van der Waals surface area contributed by atoms with Crippen LogP contribution in [0.5, 0.6) is 0 Å². The van der Waals surface area contributed by atoms with Gasteiger partial charge in [-0.1, -0.05) is 159 Å². The molecule has 0 heterocycles. The Labute approximate surface area is 306 Å². The predicted molar refractivity (Wildman–Crippen MR) is 219 cm³/mol. The van der Waals surface area contributed by atoms with Gasteiger partial charge in [0.25, 0.3) is 0 Å². The molecule has 8 aromatic carbocycles. The smallest absolute Gasteiger partial charge is 0.0465 e. The van der Waals surface area contributed by atoms with E-state index in [-0.39, 0.29) is 10.8 Å². The summed E-state index contributed by atoms with van der Waals surface area (Å²) in [5.41, 5.74) is 17.8. The molecule has 1 nitrogen and oxygen atoms in total. The van der Waals surface area contributed by atoms with Gasteiger partial charge in [-0.3, -0.25) is 0 Å². The van der Waals surface area contributed by atoms with Crippen LogP contribution in [0.2, 0.25) is 0 Å². The van der Waals surface area contributed by atoms with E-state index in [1.165, 1.54) is 72.0 Å². The van der Waals surface area contributed by atoms with Crippen molar-refractivity contribution in [2.24, 2.45) is 0 Å². The third kappa shape index (κ3) is 4.42. The molecule has 0 fully saturated rings. The third-order valence-electron chi connectivity index (χ3n) is 12.0. The van der Waals surface area contributed by atoms with Crippen molar-refractivity contribution in [3.05, 3.63) is 210 Å². The lowest BCUT2D eigenvalue weighted by Gasteiger charge is -2.31. The van der Waals surface area contributed by atoms with E-state index in [9.17, 15) is 0 Å². The van der Waals surface area contributed by atoms with Crippen LogP contribution in [0.3, 0.4) is 0 Å². The van der Waals surface area contributed by atoms with Gasteiger partial charge < -0.3 is 4.90 Å². The standard InChI is InChI=1S/C51H39N/c1-50(2)48-32-36(51(3)46-22-11-9-19-42(46)43-20-10-12-23-47(43)51)26-30-44(48)45-31-29-39(33-49(45)50)52(37-16-5-4-6-17-37)38-27-24-35(25-28-38)41-21-13-15-34-14-7-8-18-40(34)41/h4-33H,1-3H3. The zero-order valence-electron chi connectivity index (χ0n) is 29.8. The lowest BCUT2D eigenvalue weighted by atomic mass is 9.72. The summed E-state index contributed by atoms with van der Waals surface area (Å²) in [4.78, 5) is 2.39. The second-order valence-electron chi connectivity index (χ2n) is 15.1. The normalized spacial score (nSPS) is 14.4. The average Bonchev–Trinajstić information content (AvgIpc) is 3.59. The summed E-state index contributed by atoms with van der Waals surface area (Å²) in [6.45, 7) is 7.21. The molecular weight excluding hydrogens is 627 g/mol. The quantitative estimate of drug-likeness (QED) is 0.177. The van der Waals surface area contributed by atoms with Gasteiger partial charge in [0.15, 0.2) is 0 Å². The first kappa shape index (κ1) is 30.6. The van der Waals surface area contributed by atoms with Gasteiger partial charge in [-0.05, 0) is 115 Å². The average molecular weight is 666 g/mol. The number of para-hydroxylation sites is 1. The molecule has 2 aliphatic rings. The van der Waals surface area contributed by atoms with Crippen LogP contribution in [0.25, 0.3) is 44.2 Å². The van der Waals surface area contributed by atoms with Gasteiger partial charge in [0.2, 0.25) is 0 Å². The number of benzene rings is 8. The summed E-state index contributed by atoms with van der Waals surface area (Å²) in [7, 11) is 0. The van der Waals surface area contributed by atoms with E-state index in [1.54, 1.807) is 0 Å². The maximum atomic E-state index is 2.51. The molecule has 0 saturated heterocycles. The Balaban J connectivity index is 1.06. The molecule has 52 heavy (non-hydrogen) atoms. The Bertz CT molecular complexity index is 2610. The van der Waals surface area contributed by atoms with Crippen molar-refractivity contribution in [1.82, 2.24) is 0 Å². The Morgan fingerprint density at radius 2 is 0.885 bits per heavy atom. The number of nitrogens with zero attached hydrogens (tertiary/aromatic N) is 1. The molecule has 0 radical (unpaired) electrons. The van der Waals surface area contributed by atoms with E-state index in [0.29, 0.717) is 0 Å². The van der Waals surface area contributed by atoms with Crippen LogP contribution in [0.1, 0.15) is 48.6 Å². The molecule has 0 spiro atoms. The predicted octanol–water partition coefficient (Wildman–Crippen LogP) is 13.6. The minimum absolute atomic E-state index is 0.175. The summed E-state index contributed by atoms with van der Waals surface area (Å²) in [5.74, 6) is 0. The molecule has 248 valence electrons. The van der Waals surface area contributed by atoms with Crippen LogP contribution >= 0.6 is 0 Å². The van der Waals surface area contributed by atoms with E-state index in [2.05, 4.69) is 208 Å². The molecule has 8 aromatic rings. The maximum Gasteiger partial charge on any atom is 0.0465 e. The van der Waals surface area contributed by atoms with Gasteiger partial charge in [-0.15, -0.1) is 0 Å². The van der Waals surface area contributed by atoms with Crippen LogP contribution in [-0.4, -0.2) is 0 Å². The highest BCUT2D eigenvalue weighted by Crippen LogP contribution is 2.56. The molecule has 0 amide bonds. The van der Waals surface area contributed by atoms with Gasteiger partial charge in [0.05, 0.1) is 0 Å². The largest absolute Gasteiger partial charge is 0.310 e. The molecule has 2 aliphatic carbocycles. The molecule has 0 N–H and O–H groups in total. The fraction of sp³-hybridized carbons (Fsp3) is 0.0980. The van der Waals surface area contributed by atoms with E-state index < -0.39 is 0 Å². The van der Waals surface area contributed by atoms with Gasteiger partial charge in [0, 0.05) is 27.9 Å². The fourth-order valence-corrected chi connectivity index (χ4v) is 9.23. The first-order valence-corrected chi connectivity index (χ1v) is 18.4. The second-order valence-corrected chi connectivity index (χ2v) is 15.1. The van der Waals surface area contributed by atoms with Crippen molar-refractivity contribution in [3.63, 3.8) is 0 Å². The zero-order chi connectivity index (χ0) is 35.0. The Morgan fingerprint density at radius 3 is 1.62 bits per heavy atom. The minimum Gasteiger partial charge on any atom is -0.310 e. The van der Waals surface area contributed by atoms with Gasteiger partial charge >= 0.3 is 0 Å². The molecular formula is C51H39N. The Kier molecular flexibility index (Phi) is 6.73. The van der Waals surface area contributed by atoms with Crippen LogP contribution in [0.15, 0.2) is 182 Å². The summed E-state index contributed by atoms with van der Waals surface area (Å²) >= 11 is 0. The molecule has 0 bridgehead atoms. The van der Waals surface area contributed by atoms with E-state index >= 15 is 0 Å².